The summed E-state index contributed by atoms with van der Waals surface area (Å²) in [5.74, 6) is 0.0576. The molecule has 0 unspecified atom stereocenters. The molecule has 1 aromatic heterocycles. The Balaban J connectivity index is 1.86. The van der Waals surface area contributed by atoms with Gasteiger partial charge in [0.25, 0.3) is 5.91 Å². The van der Waals surface area contributed by atoms with Crippen LogP contribution in [0.25, 0.3) is 10.9 Å². The number of likely N-dealkylation sites (N-methyl/N-ethyl adjacent to an activating group) is 1. The van der Waals surface area contributed by atoms with Crippen LogP contribution in [0.4, 0.5) is 0 Å². The van der Waals surface area contributed by atoms with E-state index in [1.807, 2.05) is 17.0 Å². The van der Waals surface area contributed by atoms with Crippen molar-refractivity contribution in [2.45, 2.75) is 0 Å². The molecule has 2 heterocycles. The largest absolute Gasteiger partial charge is 0.360 e. The molecule has 1 amide bonds. The van der Waals surface area contributed by atoms with Gasteiger partial charge in [-0.2, -0.15) is 0 Å². The van der Waals surface area contributed by atoms with Crippen LogP contribution in [0.2, 0.25) is 0 Å². The number of aromatic amines is 1. The molecular weight excluding hydrogens is 254 g/mol. The minimum atomic E-state index is 0.0576. The lowest BCUT2D eigenvalue weighted by atomic mass is 10.1. The number of amides is 1. The van der Waals surface area contributed by atoms with Crippen molar-refractivity contribution < 1.29 is 9.59 Å². The number of piperazine rings is 1. The molecule has 5 heteroatoms. The maximum atomic E-state index is 12.5. The lowest BCUT2D eigenvalue weighted by Gasteiger charge is -2.32. The quantitative estimate of drug-likeness (QED) is 0.839. The first-order valence-electron chi connectivity index (χ1n) is 6.73. The Morgan fingerprint density at radius 1 is 1.25 bits per heavy atom. The molecule has 0 radical (unpaired) electrons. The fourth-order valence-corrected chi connectivity index (χ4v) is 2.57. The number of benzene rings is 1. The number of carbonyl (C=O) groups is 2. The van der Waals surface area contributed by atoms with Crippen molar-refractivity contribution >= 4 is 23.1 Å². The number of carbonyl (C=O) groups excluding carboxylic acids is 2. The molecule has 5 nitrogen and oxygen atoms in total. The predicted molar refractivity (Wildman–Crippen MR) is 77.1 cm³/mol. The predicted octanol–water partition coefficient (Wildman–Crippen LogP) is 1.37. The Morgan fingerprint density at radius 3 is 2.70 bits per heavy atom. The molecule has 0 saturated carbocycles. The van der Waals surface area contributed by atoms with Crippen molar-refractivity contribution in [3.05, 3.63) is 35.5 Å². The molecule has 1 aromatic carbocycles. The van der Waals surface area contributed by atoms with E-state index in [1.54, 1.807) is 12.3 Å². The number of aldehydes is 1. The van der Waals surface area contributed by atoms with Crippen LogP contribution in [0.15, 0.2) is 24.4 Å². The van der Waals surface area contributed by atoms with Crippen LogP contribution in [-0.4, -0.2) is 60.2 Å². The molecule has 0 atom stereocenters. The van der Waals surface area contributed by atoms with E-state index in [0.29, 0.717) is 11.1 Å². The number of fused-ring (bicyclic) bond motifs is 1. The first-order chi connectivity index (χ1) is 9.69. The summed E-state index contributed by atoms with van der Waals surface area (Å²) in [5, 5.41) is 0.856. The van der Waals surface area contributed by atoms with Gasteiger partial charge in [-0.3, -0.25) is 9.59 Å². The van der Waals surface area contributed by atoms with Gasteiger partial charge >= 0.3 is 0 Å². The monoisotopic (exact) mass is 271 g/mol. The second-order valence-corrected chi connectivity index (χ2v) is 5.22. The second kappa shape index (κ2) is 5.09. The van der Waals surface area contributed by atoms with Crippen LogP contribution in [0.1, 0.15) is 20.7 Å². The number of hydrogen-bond acceptors (Lipinski definition) is 3. The fourth-order valence-electron chi connectivity index (χ4n) is 2.57. The first-order valence-corrected chi connectivity index (χ1v) is 6.73. The maximum absolute atomic E-state index is 12.5. The van der Waals surface area contributed by atoms with Gasteiger partial charge < -0.3 is 14.8 Å². The van der Waals surface area contributed by atoms with Crippen molar-refractivity contribution in [1.29, 1.82) is 0 Å². The highest BCUT2D eigenvalue weighted by molar-refractivity contribution is 6.02. The van der Waals surface area contributed by atoms with Crippen molar-refractivity contribution in [2.24, 2.45) is 0 Å². The van der Waals surface area contributed by atoms with Gasteiger partial charge in [0.1, 0.15) is 0 Å². The van der Waals surface area contributed by atoms with Crippen LogP contribution in [-0.2, 0) is 0 Å². The molecule has 1 saturated heterocycles. The Labute approximate surface area is 117 Å². The highest BCUT2D eigenvalue weighted by Crippen LogP contribution is 2.19. The Bertz CT molecular complexity index is 654. The van der Waals surface area contributed by atoms with Gasteiger partial charge in [-0.05, 0) is 19.2 Å². The first kappa shape index (κ1) is 12.9. The average Bonchev–Trinajstić information content (AvgIpc) is 2.89. The number of aromatic nitrogens is 1. The molecule has 1 N–H and O–H groups in total. The molecule has 0 aliphatic carbocycles. The lowest BCUT2D eigenvalue weighted by Crippen LogP contribution is -2.47. The van der Waals surface area contributed by atoms with Gasteiger partial charge in [-0.1, -0.05) is 6.07 Å². The van der Waals surface area contributed by atoms with Crippen molar-refractivity contribution in [3.8, 4) is 0 Å². The molecule has 20 heavy (non-hydrogen) atoms. The fraction of sp³-hybridized carbons (Fsp3) is 0.333. The van der Waals surface area contributed by atoms with E-state index >= 15 is 0 Å². The second-order valence-electron chi connectivity index (χ2n) is 5.22. The van der Waals surface area contributed by atoms with E-state index in [9.17, 15) is 9.59 Å². The number of nitrogens with zero attached hydrogens (tertiary/aromatic N) is 2. The van der Waals surface area contributed by atoms with Crippen molar-refractivity contribution in [3.63, 3.8) is 0 Å². The molecule has 104 valence electrons. The number of rotatable bonds is 2. The van der Waals surface area contributed by atoms with E-state index in [-0.39, 0.29) is 5.91 Å². The molecule has 1 fully saturated rings. The van der Waals surface area contributed by atoms with E-state index in [4.69, 9.17) is 0 Å². The standard InChI is InChI=1S/C15H17N3O2/c1-17-4-6-18(7-5-17)15(20)11-2-3-13-12(10-19)9-16-14(13)8-11/h2-3,8-10,16H,4-7H2,1H3. The molecule has 0 spiro atoms. The minimum absolute atomic E-state index is 0.0576. The summed E-state index contributed by atoms with van der Waals surface area (Å²) in [6.45, 7) is 3.34. The van der Waals surface area contributed by atoms with Gasteiger partial charge in [0.15, 0.2) is 6.29 Å². The van der Waals surface area contributed by atoms with Crippen LogP contribution < -0.4 is 0 Å². The zero-order chi connectivity index (χ0) is 14.1. The topological polar surface area (TPSA) is 56.4 Å². The van der Waals surface area contributed by atoms with Gasteiger partial charge in [0.05, 0.1) is 0 Å². The summed E-state index contributed by atoms with van der Waals surface area (Å²) in [7, 11) is 2.06. The third-order valence-corrected chi connectivity index (χ3v) is 3.88. The smallest absolute Gasteiger partial charge is 0.254 e. The van der Waals surface area contributed by atoms with Gasteiger partial charge in [-0.25, -0.2) is 0 Å². The molecule has 3 rings (SSSR count). The van der Waals surface area contributed by atoms with Gasteiger partial charge in [0.2, 0.25) is 0 Å². The zero-order valence-electron chi connectivity index (χ0n) is 11.4. The summed E-state index contributed by atoms with van der Waals surface area (Å²) in [6, 6.07) is 5.45. The summed E-state index contributed by atoms with van der Waals surface area (Å²) in [5.41, 5.74) is 2.12. The Morgan fingerprint density at radius 2 is 2.00 bits per heavy atom. The van der Waals surface area contributed by atoms with Gasteiger partial charge in [0, 0.05) is 54.4 Å². The third kappa shape index (κ3) is 2.20. The SMILES string of the molecule is CN1CCN(C(=O)c2ccc3c(C=O)c[nH]c3c2)CC1. The lowest BCUT2D eigenvalue weighted by molar-refractivity contribution is 0.0664. The van der Waals surface area contributed by atoms with Crippen LogP contribution in [0.3, 0.4) is 0 Å². The Hall–Kier alpha value is -2.14. The molecule has 1 aliphatic heterocycles. The van der Waals surface area contributed by atoms with E-state index in [2.05, 4.69) is 16.9 Å². The maximum Gasteiger partial charge on any atom is 0.254 e. The van der Waals surface area contributed by atoms with Crippen molar-refractivity contribution in [1.82, 2.24) is 14.8 Å². The molecule has 2 aromatic rings. The highest BCUT2D eigenvalue weighted by Gasteiger charge is 2.20. The number of hydrogen-bond donors (Lipinski definition) is 1. The summed E-state index contributed by atoms with van der Waals surface area (Å²) in [4.78, 5) is 30.5. The van der Waals surface area contributed by atoms with Crippen LogP contribution in [0, 0.1) is 0 Å². The molecule has 1 aliphatic rings. The zero-order valence-corrected chi connectivity index (χ0v) is 11.4. The molecule has 0 bridgehead atoms. The summed E-state index contributed by atoms with van der Waals surface area (Å²) < 4.78 is 0. The highest BCUT2D eigenvalue weighted by atomic mass is 16.2. The van der Waals surface area contributed by atoms with E-state index in [1.165, 1.54) is 0 Å². The average molecular weight is 271 g/mol. The van der Waals surface area contributed by atoms with E-state index < -0.39 is 0 Å². The number of H-pyrrole nitrogens is 1. The summed E-state index contributed by atoms with van der Waals surface area (Å²) >= 11 is 0. The van der Waals surface area contributed by atoms with E-state index in [0.717, 1.165) is 43.4 Å². The van der Waals surface area contributed by atoms with Crippen LogP contribution in [0.5, 0.6) is 0 Å². The minimum Gasteiger partial charge on any atom is -0.360 e. The van der Waals surface area contributed by atoms with Crippen molar-refractivity contribution in [2.75, 3.05) is 33.2 Å². The van der Waals surface area contributed by atoms with Crippen LogP contribution >= 0.6 is 0 Å². The normalized spacial score (nSPS) is 16.6. The Kier molecular flexibility index (Phi) is 3.28. The third-order valence-electron chi connectivity index (χ3n) is 3.88. The van der Waals surface area contributed by atoms with Gasteiger partial charge in [-0.15, -0.1) is 0 Å². The summed E-state index contributed by atoms with van der Waals surface area (Å²) in [6.07, 6.45) is 2.49. The number of nitrogens with one attached hydrogen (secondary N) is 1. The molecular formula is C15H17N3O2.